The lowest BCUT2D eigenvalue weighted by Crippen LogP contribution is -2.40. The molecule has 0 aromatic rings. The van der Waals surface area contributed by atoms with E-state index in [9.17, 15) is 4.79 Å². The fourth-order valence-electron chi connectivity index (χ4n) is 0.980. The lowest BCUT2D eigenvalue weighted by molar-refractivity contribution is -0.138. The second-order valence-corrected chi connectivity index (χ2v) is 3.68. The molecule has 78 valence electrons. The molecule has 0 bridgehead atoms. The van der Waals surface area contributed by atoms with E-state index >= 15 is 0 Å². The highest BCUT2D eigenvalue weighted by Crippen LogP contribution is 2.01. The van der Waals surface area contributed by atoms with Crippen molar-refractivity contribution < 1.29 is 9.90 Å². The molecule has 0 aromatic heterocycles. The summed E-state index contributed by atoms with van der Waals surface area (Å²) in [6.45, 7) is 5.54. The zero-order chi connectivity index (χ0) is 10.3. The van der Waals surface area contributed by atoms with Gasteiger partial charge in [-0.25, -0.2) is 0 Å². The van der Waals surface area contributed by atoms with Crippen molar-refractivity contribution in [1.82, 2.24) is 5.32 Å². The average molecular weight is 188 g/mol. The van der Waals surface area contributed by atoms with E-state index in [0.29, 0.717) is 12.5 Å². The lowest BCUT2D eigenvalue weighted by Gasteiger charge is -2.08. The SMILES string of the molecule is CC(C)CCCNCC(N)C(=O)O. The molecule has 0 amide bonds. The van der Waals surface area contributed by atoms with Gasteiger partial charge in [-0.05, 0) is 25.3 Å². The van der Waals surface area contributed by atoms with Gasteiger partial charge in [0.25, 0.3) is 0 Å². The van der Waals surface area contributed by atoms with Gasteiger partial charge in [-0.3, -0.25) is 4.79 Å². The van der Waals surface area contributed by atoms with Gasteiger partial charge < -0.3 is 16.2 Å². The van der Waals surface area contributed by atoms with Crippen LogP contribution in [-0.2, 0) is 4.79 Å². The summed E-state index contributed by atoms with van der Waals surface area (Å²) in [5.74, 6) is -0.244. The Kier molecular flexibility index (Phi) is 6.54. The second-order valence-electron chi connectivity index (χ2n) is 3.68. The standard InChI is InChI=1S/C9H20N2O2/c1-7(2)4-3-5-11-6-8(10)9(12)13/h7-8,11H,3-6,10H2,1-2H3,(H,12,13). The zero-order valence-electron chi connectivity index (χ0n) is 8.42. The molecule has 0 aliphatic carbocycles. The molecule has 0 aromatic carbocycles. The van der Waals surface area contributed by atoms with Crippen molar-refractivity contribution in [3.63, 3.8) is 0 Å². The zero-order valence-corrected chi connectivity index (χ0v) is 8.42. The summed E-state index contributed by atoms with van der Waals surface area (Å²) < 4.78 is 0. The van der Waals surface area contributed by atoms with E-state index in [2.05, 4.69) is 19.2 Å². The number of aliphatic carboxylic acids is 1. The van der Waals surface area contributed by atoms with E-state index in [1.165, 1.54) is 0 Å². The Morgan fingerprint density at radius 2 is 2.15 bits per heavy atom. The topological polar surface area (TPSA) is 75.3 Å². The first-order chi connectivity index (χ1) is 6.04. The van der Waals surface area contributed by atoms with Gasteiger partial charge in [0.15, 0.2) is 0 Å². The number of carbonyl (C=O) groups is 1. The van der Waals surface area contributed by atoms with E-state index in [-0.39, 0.29) is 0 Å². The number of nitrogens with one attached hydrogen (secondary N) is 1. The molecule has 0 saturated heterocycles. The van der Waals surface area contributed by atoms with Gasteiger partial charge in [0.2, 0.25) is 0 Å². The summed E-state index contributed by atoms with van der Waals surface area (Å²) in [6.07, 6.45) is 2.24. The molecule has 0 fully saturated rings. The molecule has 13 heavy (non-hydrogen) atoms. The van der Waals surface area contributed by atoms with E-state index in [0.717, 1.165) is 19.4 Å². The number of hydrogen-bond donors (Lipinski definition) is 3. The number of hydrogen-bond acceptors (Lipinski definition) is 3. The van der Waals surface area contributed by atoms with Crippen LogP contribution in [0.4, 0.5) is 0 Å². The Morgan fingerprint density at radius 1 is 1.54 bits per heavy atom. The first-order valence-electron chi connectivity index (χ1n) is 4.73. The Balaban J connectivity index is 3.21. The first-order valence-corrected chi connectivity index (χ1v) is 4.73. The molecule has 4 nitrogen and oxygen atoms in total. The van der Waals surface area contributed by atoms with Crippen molar-refractivity contribution in [2.45, 2.75) is 32.7 Å². The van der Waals surface area contributed by atoms with Gasteiger partial charge in [-0.1, -0.05) is 13.8 Å². The van der Waals surface area contributed by atoms with Crippen molar-refractivity contribution in [3.05, 3.63) is 0 Å². The van der Waals surface area contributed by atoms with Crippen LogP contribution < -0.4 is 11.1 Å². The van der Waals surface area contributed by atoms with Gasteiger partial charge in [0.05, 0.1) is 0 Å². The first kappa shape index (κ1) is 12.4. The smallest absolute Gasteiger partial charge is 0.321 e. The van der Waals surface area contributed by atoms with Crippen LogP contribution in [0.2, 0.25) is 0 Å². The normalized spacial score (nSPS) is 13.2. The summed E-state index contributed by atoms with van der Waals surface area (Å²) in [7, 11) is 0. The molecule has 4 N–H and O–H groups in total. The molecule has 0 radical (unpaired) electrons. The van der Waals surface area contributed by atoms with E-state index in [1.54, 1.807) is 0 Å². The average Bonchev–Trinajstić information content (AvgIpc) is 2.02. The summed E-state index contributed by atoms with van der Waals surface area (Å²) in [4.78, 5) is 10.3. The van der Waals surface area contributed by atoms with Crippen molar-refractivity contribution in [1.29, 1.82) is 0 Å². The maximum absolute atomic E-state index is 10.3. The van der Waals surface area contributed by atoms with Crippen LogP contribution in [0.5, 0.6) is 0 Å². The van der Waals surface area contributed by atoms with Crippen LogP contribution in [0, 0.1) is 5.92 Å². The van der Waals surface area contributed by atoms with Gasteiger partial charge in [-0.15, -0.1) is 0 Å². The highest BCUT2D eigenvalue weighted by atomic mass is 16.4. The Morgan fingerprint density at radius 3 is 2.62 bits per heavy atom. The van der Waals surface area contributed by atoms with Crippen molar-refractivity contribution >= 4 is 5.97 Å². The number of nitrogens with two attached hydrogens (primary N) is 1. The highest BCUT2D eigenvalue weighted by molar-refractivity contribution is 5.73. The Hall–Kier alpha value is -0.610. The largest absolute Gasteiger partial charge is 0.480 e. The van der Waals surface area contributed by atoms with Gasteiger partial charge in [0, 0.05) is 6.54 Å². The predicted molar refractivity (Wildman–Crippen MR) is 52.6 cm³/mol. The van der Waals surface area contributed by atoms with Crippen molar-refractivity contribution in [3.8, 4) is 0 Å². The maximum Gasteiger partial charge on any atom is 0.321 e. The molecule has 1 atom stereocenters. The summed E-state index contributed by atoms with van der Waals surface area (Å²) in [6, 6.07) is -0.779. The molecule has 1 unspecified atom stereocenters. The predicted octanol–water partition coefficient (Wildman–Crippen LogP) is 0.424. The van der Waals surface area contributed by atoms with Gasteiger partial charge >= 0.3 is 5.97 Å². The van der Waals surface area contributed by atoms with Gasteiger partial charge in [0.1, 0.15) is 6.04 Å². The maximum atomic E-state index is 10.3. The van der Waals surface area contributed by atoms with Crippen LogP contribution >= 0.6 is 0 Å². The quantitative estimate of drug-likeness (QED) is 0.506. The monoisotopic (exact) mass is 188 g/mol. The number of carboxylic acid groups (broad SMARTS) is 1. The molecule has 0 aliphatic heterocycles. The number of rotatable bonds is 7. The fraction of sp³-hybridized carbons (Fsp3) is 0.889. The second kappa shape index (κ2) is 6.86. The van der Waals surface area contributed by atoms with Crippen LogP contribution in [0.15, 0.2) is 0 Å². The highest BCUT2D eigenvalue weighted by Gasteiger charge is 2.09. The van der Waals surface area contributed by atoms with E-state index < -0.39 is 12.0 Å². The van der Waals surface area contributed by atoms with Crippen LogP contribution in [0.1, 0.15) is 26.7 Å². The summed E-state index contributed by atoms with van der Waals surface area (Å²) >= 11 is 0. The van der Waals surface area contributed by atoms with Crippen LogP contribution in [-0.4, -0.2) is 30.2 Å². The number of carboxylic acids is 1. The minimum Gasteiger partial charge on any atom is -0.480 e. The van der Waals surface area contributed by atoms with Crippen molar-refractivity contribution in [2.24, 2.45) is 11.7 Å². The van der Waals surface area contributed by atoms with E-state index in [1.807, 2.05) is 0 Å². The lowest BCUT2D eigenvalue weighted by atomic mass is 10.1. The molecular weight excluding hydrogens is 168 g/mol. The summed E-state index contributed by atoms with van der Waals surface area (Å²) in [5.41, 5.74) is 5.30. The van der Waals surface area contributed by atoms with Crippen LogP contribution in [0.25, 0.3) is 0 Å². The molecule has 0 heterocycles. The molecule has 0 aliphatic rings. The minimum absolute atomic E-state index is 0.355. The van der Waals surface area contributed by atoms with Crippen molar-refractivity contribution in [2.75, 3.05) is 13.1 Å². The molecule has 4 heteroatoms. The summed E-state index contributed by atoms with van der Waals surface area (Å²) in [5, 5.41) is 11.5. The Labute approximate surface area is 79.5 Å². The third kappa shape index (κ3) is 7.74. The molecular formula is C9H20N2O2. The third-order valence-electron chi connectivity index (χ3n) is 1.82. The molecule has 0 saturated carbocycles. The van der Waals surface area contributed by atoms with E-state index in [4.69, 9.17) is 10.8 Å². The molecule has 0 spiro atoms. The molecule has 0 rings (SSSR count). The third-order valence-corrected chi connectivity index (χ3v) is 1.82. The fourth-order valence-corrected chi connectivity index (χ4v) is 0.980. The van der Waals surface area contributed by atoms with Gasteiger partial charge in [-0.2, -0.15) is 0 Å². The Bertz CT molecular complexity index is 149. The minimum atomic E-state index is -0.948. The van der Waals surface area contributed by atoms with Crippen LogP contribution in [0.3, 0.4) is 0 Å².